The third kappa shape index (κ3) is 5.54. The maximum absolute atomic E-state index is 12.3. The molecule has 0 aliphatic heterocycles. The van der Waals surface area contributed by atoms with Gasteiger partial charge in [-0.3, -0.25) is 4.79 Å². The average Bonchev–Trinajstić information content (AvgIpc) is 2.54. The summed E-state index contributed by atoms with van der Waals surface area (Å²) in [5.41, 5.74) is 0.410. The van der Waals surface area contributed by atoms with Crippen molar-refractivity contribution in [2.75, 3.05) is 27.2 Å². The number of hydrogen-bond acceptors (Lipinski definition) is 4. The first-order chi connectivity index (χ1) is 11.1. The van der Waals surface area contributed by atoms with E-state index in [-0.39, 0.29) is 11.8 Å². The zero-order valence-corrected chi connectivity index (χ0v) is 14.0. The van der Waals surface area contributed by atoms with Crippen LogP contribution in [-0.2, 0) is 0 Å². The summed E-state index contributed by atoms with van der Waals surface area (Å²) in [6.45, 7) is 1.52. The first-order valence-electron chi connectivity index (χ1n) is 7.37. The van der Waals surface area contributed by atoms with Gasteiger partial charge in [-0.1, -0.05) is 11.6 Å². The number of amides is 1. The summed E-state index contributed by atoms with van der Waals surface area (Å²) >= 11 is 5.85. The van der Waals surface area contributed by atoms with Crippen molar-refractivity contribution in [2.24, 2.45) is 0 Å². The lowest BCUT2D eigenvalue weighted by atomic mass is 10.2. The van der Waals surface area contributed by atoms with Gasteiger partial charge in [0.2, 0.25) is 5.88 Å². The van der Waals surface area contributed by atoms with Gasteiger partial charge in [0.1, 0.15) is 11.3 Å². The molecule has 2 aromatic rings. The van der Waals surface area contributed by atoms with Gasteiger partial charge in [-0.05, 0) is 63.5 Å². The Morgan fingerprint density at radius 2 is 2.00 bits per heavy atom. The van der Waals surface area contributed by atoms with Crippen LogP contribution >= 0.6 is 11.6 Å². The van der Waals surface area contributed by atoms with Gasteiger partial charge in [0.15, 0.2) is 0 Å². The molecule has 1 aromatic carbocycles. The Morgan fingerprint density at radius 1 is 1.26 bits per heavy atom. The molecule has 1 aromatic heterocycles. The topological polar surface area (TPSA) is 54.5 Å². The number of benzene rings is 1. The summed E-state index contributed by atoms with van der Waals surface area (Å²) in [6, 6.07) is 10.3. The van der Waals surface area contributed by atoms with Crippen LogP contribution in [-0.4, -0.2) is 43.0 Å². The second-order valence-electron chi connectivity index (χ2n) is 5.32. The Morgan fingerprint density at radius 3 is 2.70 bits per heavy atom. The highest BCUT2D eigenvalue weighted by Gasteiger charge is 2.13. The Balaban J connectivity index is 2.01. The predicted molar refractivity (Wildman–Crippen MR) is 91.3 cm³/mol. The zero-order chi connectivity index (χ0) is 16.7. The van der Waals surface area contributed by atoms with Crippen LogP contribution in [0.2, 0.25) is 5.02 Å². The predicted octanol–water partition coefficient (Wildman–Crippen LogP) is 3.21. The number of nitrogens with zero attached hydrogens (tertiary/aromatic N) is 2. The molecular weight excluding hydrogens is 314 g/mol. The van der Waals surface area contributed by atoms with Crippen molar-refractivity contribution in [3.8, 4) is 11.6 Å². The van der Waals surface area contributed by atoms with E-state index in [0.29, 0.717) is 22.9 Å². The van der Waals surface area contributed by atoms with Crippen LogP contribution in [0.4, 0.5) is 0 Å². The highest BCUT2D eigenvalue weighted by Crippen LogP contribution is 2.24. The number of rotatable bonds is 7. The van der Waals surface area contributed by atoms with Gasteiger partial charge in [0.25, 0.3) is 5.91 Å². The van der Waals surface area contributed by atoms with E-state index in [2.05, 4.69) is 15.2 Å². The van der Waals surface area contributed by atoms with Gasteiger partial charge in [-0.15, -0.1) is 0 Å². The number of aromatic nitrogens is 1. The Labute approximate surface area is 141 Å². The minimum Gasteiger partial charge on any atom is -0.438 e. The molecule has 6 heteroatoms. The first-order valence-corrected chi connectivity index (χ1v) is 7.75. The van der Waals surface area contributed by atoms with E-state index in [1.165, 1.54) is 0 Å². The first kappa shape index (κ1) is 17.2. The summed E-state index contributed by atoms with van der Waals surface area (Å²) in [4.78, 5) is 18.5. The highest BCUT2D eigenvalue weighted by molar-refractivity contribution is 6.30. The Hall–Kier alpha value is -2.11. The molecule has 1 N–H and O–H groups in total. The SMILES string of the molecule is CN(C)CCCNC(=O)c1cccnc1Oc1ccc(Cl)cc1. The highest BCUT2D eigenvalue weighted by atomic mass is 35.5. The summed E-state index contributed by atoms with van der Waals surface area (Å²) in [7, 11) is 4.00. The van der Waals surface area contributed by atoms with Gasteiger partial charge < -0.3 is 15.0 Å². The quantitative estimate of drug-likeness (QED) is 0.790. The van der Waals surface area contributed by atoms with Crippen molar-refractivity contribution in [2.45, 2.75) is 6.42 Å². The number of nitrogens with one attached hydrogen (secondary N) is 1. The van der Waals surface area contributed by atoms with Crippen molar-refractivity contribution >= 4 is 17.5 Å². The summed E-state index contributed by atoms with van der Waals surface area (Å²) in [5, 5.41) is 3.51. The van der Waals surface area contributed by atoms with Gasteiger partial charge in [0.05, 0.1) is 0 Å². The molecule has 0 saturated heterocycles. The number of carbonyl (C=O) groups excluding carboxylic acids is 1. The van der Waals surface area contributed by atoms with Crippen molar-refractivity contribution in [1.29, 1.82) is 0 Å². The van der Waals surface area contributed by atoms with Crippen LogP contribution in [0.15, 0.2) is 42.6 Å². The summed E-state index contributed by atoms with van der Waals surface area (Å²) in [5.74, 6) is 0.663. The molecule has 0 radical (unpaired) electrons. The van der Waals surface area contributed by atoms with Crippen molar-refractivity contribution in [1.82, 2.24) is 15.2 Å². The van der Waals surface area contributed by atoms with Crippen LogP contribution in [0.25, 0.3) is 0 Å². The molecule has 5 nitrogen and oxygen atoms in total. The third-order valence-electron chi connectivity index (χ3n) is 3.11. The lowest BCUT2D eigenvalue weighted by Crippen LogP contribution is -2.27. The normalized spacial score (nSPS) is 10.6. The number of ether oxygens (including phenoxy) is 1. The fraction of sp³-hybridized carbons (Fsp3) is 0.294. The smallest absolute Gasteiger partial charge is 0.256 e. The molecule has 122 valence electrons. The molecule has 23 heavy (non-hydrogen) atoms. The van der Waals surface area contributed by atoms with Crippen LogP contribution in [0.5, 0.6) is 11.6 Å². The van der Waals surface area contributed by atoms with E-state index >= 15 is 0 Å². The molecule has 0 bridgehead atoms. The van der Waals surface area contributed by atoms with Crippen molar-refractivity contribution in [3.63, 3.8) is 0 Å². The fourth-order valence-corrected chi connectivity index (χ4v) is 2.08. The minimum atomic E-state index is -0.194. The number of hydrogen-bond donors (Lipinski definition) is 1. The van der Waals surface area contributed by atoms with E-state index < -0.39 is 0 Å². The average molecular weight is 334 g/mol. The zero-order valence-electron chi connectivity index (χ0n) is 13.3. The molecular formula is C17H20ClN3O2. The lowest BCUT2D eigenvalue weighted by molar-refractivity contribution is 0.0949. The Bertz CT molecular complexity index is 645. The van der Waals surface area contributed by atoms with E-state index in [9.17, 15) is 4.79 Å². The molecule has 1 heterocycles. The van der Waals surface area contributed by atoms with Crippen molar-refractivity contribution < 1.29 is 9.53 Å². The molecule has 0 aliphatic carbocycles. The van der Waals surface area contributed by atoms with E-state index in [1.807, 2.05) is 14.1 Å². The third-order valence-corrected chi connectivity index (χ3v) is 3.36. The fourth-order valence-electron chi connectivity index (χ4n) is 1.95. The van der Waals surface area contributed by atoms with Crippen molar-refractivity contribution in [3.05, 3.63) is 53.2 Å². The monoisotopic (exact) mass is 333 g/mol. The molecule has 1 amide bonds. The van der Waals surface area contributed by atoms with E-state index in [4.69, 9.17) is 16.3 Å². The van der Waals surface area contributed by atoms with Crippen LogP contribution < -0.4 is 10.1 Å². The number of halogens is 1. The number of carbonyl (C=O) groups is 1. The molecule has 0 saturated carbocycles. The largest absolute Gasteiger partial charge is 0.438 e. The van der Waals surface area contributed by atoms with Gasteiger partial charge >= 0.3 is 0 Å². The molecule has 0 unspecified atom stereocenters. The maximum Gasteiger partial charge on any atom is 0.256 e. The Kier molecular flexibility index (Phi) is 6.38. The van der Waals surface area contributed by atoms with Gasteiger partial charge in [-0.2, -0.15) is 0 Å². The van der Waals surface area contributed by atoms with E-state index in [1.54, 1.807) is 42.6 Å². The minimum absolute atomic E-state index is 0.194. The van der Waals surface area contributed by atoms with Gasteiger partial charge in [0, 0.05) is 17.8 Å². The van der Waals surface area contributed by atoms with Crippen LogP contribution in [0.3, 0.4) is 0 Å². The maximum atomic E-state index is 12.3. The molecule has 0 atom stereocenters. The molecule has 0 spiro atoms. The van der Waals surface area contributed by atoms with E-state index in [0.717, 1.165) is 13.0 Å². The van der Waals surface area contributed by atoms with Gasteiger partial charge in [-0.25, -0.2) is 4.98 Å². The van der Waals surface area contributed by atoms with Crippen LogP contribution in [0, 0.1) is 0 Å². The molecule has 2 rings (SSSR count). The molecule has 0 aliphatic rings. The lowest BCUT2D eigenvalue weighted by Gasteiger charge is -2.12. The standard InChI is InChI=1S/C17H20ClN3O2/c1-21(2)12-4-11-19-16(22)15-5-3-10-20-17(15)23-14-8-6-13(18)7-9-14/h3,5-10H,4,11-12H2,1-2H3,(H,19,22). The summed E-state index contributed by atoms with van der Waals surface area (Å²) < 4.78 is 5.69. The van der Waals surface area contributed by atoms with Crippen LogP contribution in [0.1, 0.15) is 16.8 Å². The summed E-state index contributed by atoms with van der Waals surface area (Å²) in [6.07, 6.45) is 2.47. The second-order valence-corrected chi connectivity index (χ2v) is 5.76. The molecule has 0 fully saturated rings. The second kappa shape index (κ2) is 8.50. The number of pyridine rings is 1.